The first-order chi connectivity index (χ1) is 9.81. The van der Waals surface area contributed by atoms with Gasteiger partial charge in [0.25, 0.3) is 0 Å². The lowest BCUT2D eigenvalue weighted by Crippen LogP contribution is -2.59. The van der Waals surface area contributed by atoms with Gasteiger partial charge in [-0.15, -0.1) is 0 Å². The Kier molecular flexibility index (Phi) is 2.88. The zero-order valence-electron chi connectivity index (χ0n) is 12.0. The zero-order valence-corrected chi connectivity index (χ0v) is 12.0. The number of nitrogens with zero attached hydrogens (tertiary/aromatic N) is 3. The van der Waals surface area contributed by atoms with Crippen molar-refractivity contribution in [1.82, 2.24) is 9.88 Å². The first-order valence-corrected chi connectivity index (χ1v) is 7.64. The van der Waals surface area contributed by atoms with E-state index in [-0.39, 0.29) is 0 Å². The molecule has 0 saturated carbocycles. The summed E-state index contributed by atoms with van der Waals surface area (Å²) in [5.74, 6) is 1.15. The largest absolute Gasteiger partial charge is 0.353 e. The number of likely N-dealkylation sites (N-methyl/N-ethyl adjacent to an activating group) is 1. The fourth-order valence-electron chi connectivity index (χ4n) is 3.74. The van der Waals surface area contributed by atoms with E-state index in [2.05, 4.69) is 53.2 Å². The van der Waals surface area contributed by atoms with E-state index >= 15 is 0 Å². The quantitative estimate of drug-likeness (QED) is 0.792. The molecule has 3 nitrogen and oxygen atoms in total. The van der Waals surface area contributed by atoms with Gasteiger partial charge >= 0.3 is 0 Å². The Labute approximate surface area is 120 Å². The summed E-state index contributed by atoms with van der Waals surface area (Å²) in [5.41, 5.74) is 1.11. The first kappa shape index (κ1) is 12.2. The number of rotatable bonds is 1. The van der Waals surface area contributed by atoms with E-state index in [0.717, 1.165) is 24.4 Å². The van der Waals surface area contributed by atoms with Crippen LogP contribution in [0.15, 0.2) is 36.4 Å². The van der Waals surface area contributed by atoms with Crippen LogP contribution >= 0.6 is 0 Å². The molecule has 2 aliphatic rings. The maximum atomic E-state index is 4.86. The van der Waals surface area contributed by atoms with E-state index in [9.17, 15) is 0 Å². The molecule has 104 valence electrons. The molecule has 0 aliphatic carbocycles. The summed E-state index contributed by atoms with van der Waals surface area (Å²) in [6.45, 7) is 2.25. The van der Waals surface area contributed by atoms with Crippen LogP contribution in [0.2, 0.25) is 0 Å². The number of anilines is 1. The smallest absolute Gasteiger partial charge is 0.129 e. The maximum absolute atomic E-state index is 4.86. The van der Waals surface area contributed by atoms with E-state index in [1.807, 2.05) is 0 Å². The summed E-state index contributed by atoms with van der Waals surface area (Å²) in [7, 11) is 2.29. The molecule has 3 heteroatoms. The van der Waals surface area contributed by atoms with Gasteiger partial charge in [-0.05, 0) is 38.1 Å². The van der Waals surface area contributed by atoms with Crippen LogP contribution < -0.4 is 4.90 Å². The summed E-state index contributed by atoms with van der Waals surface area (Å²) >= 11 is 0. The van der Waals surface area contributed by atoms with Crippen LogP contribution in [0.3, 0.4) is 0 Å². The van der Waals surface area contributed by atoms with Gasteiger partial charge in [-0.2, -0.15) is 0 Å². The third-order valence-electron chi connectivity index (χ3n) is 5.00. The average molecular weight is 267 g/mol. The molecule has 2 unspecified atom stereocenters. The van der Waals surface area contributed by atoms with E-state index in [4.69, 9.17) is 4.98 Å². The minimum atomic E-state index is 0.704. The molecule has 1 aromatic carbocycles. The fourth-order valence-corrected chi connectivity index (χ4v) is 3.74. The van der Waals surface area contributed by atoms with E-state index in [0.29, 0.717) is 12.1 Å². The van der Waals surface area contributed by atoms with E-state index < -0.39 is 0 Å². The molecular formula is C17H21N3. The number of benzene rings is 1. The minimum Gasteiger partial charge on any atom is -0.353 e. The number of para-hydroxylation sites is 1. The molecule has 2 aliphatic heterocycles. The number of fused-ring (bicyclic) bond motifs is 3. The Morgan fingerprint density at radius 3 is 2.55 bits per heavy atom. The monoisotopic (exact) mass is 267 g/mol. The van der Waals surface area contributed by atoms with Crippen molar-refractivity contribution in [3.05, 3.63) is 36.4 Å². The predicted octanol–water partition coefficient (Wildman–Crippen LogP) is 2.91. The SMILES string of the molecule is CN1C2CCCC1CN(c1ccc3ccccc3n1)C2. The van der Waals surface area contributed by atoms with Crippen molar-refractivity contribution < 1.29 is 0 Å². The van der Waals surface area contributed by atoms with Gasteiger partial charge in [0.15, 0.2) is 0 Å². The molecule has 2 aromatic rings. The second kappa shape index (κ2) is 4.74. The Morgan fingerprint density at radius 1 is 1.00 bits per heavy atom. The second-order valence-electron chi connectivity index (χ2n) is 6.17. The number of hydrogen-bond donors (Lipinski definition) is 0. The maximum Gasteiger partial charge on any atom is 0.129 e. The molecule has 1 aromatic heterocycles. The normalized spacial score (nSPS) is 26.9. The summed E-state index contributed by atoms with van der Waals surface area (Å²) in [6.07, 6.45) is 4.05. The highest BCUT2D eigenvalue weighted by Crippen LogP contribution is 2.29. The lowest BCUT2D eigenvalue weighted by atomic mass is 9.92. The minimum absolute atomic E-state index is 0.704. The van der Waals surface area contributed by atoms with Gasteiger partial charge in [-0.1, -0.05) is 24.6 Å². The van der Waals surface area contributed by atoms with Crippen LogP contribution in [-0.4, -0.2) is 42.1 Å². The second-order valence-corrected chi connectivity index (χ2v) is 6.17. The summed E-state index contributed by atoms with van der Waals surface area (Å²) < 4.78 is 0. The topological polar surface area (TPSA) is 19.4 Å². The molecule has 20 heavy (non-hydrogen) atoms. The number of hydrogen-bond acceptors (Lipinski definition) is 3. The third-order valence-corrected chi connectivity index (χ3v) is 5.00. The first-order valence-electron chi connectivity index (χ1n) is 7.64. The zero-order chi connectivity index (χ0) is 13.5. The van der Waals surface area contributed by atoms with Crippen molar-refractivity contribution in [3.63, 3.8) is 0 Å². The summed E-state index contributed by atoms with van der Waals surface area (Å²) in [4.78, 5) is 9.93. The van der Waals surface area contributed by atoms with Crippen LogP contribution in [0.1, 0.15) is 19.3 Å². The summed E-state index contributed by atoms with van der Waals surface area (Å²) in [5, 5.41) is 1.23. The van der Waals surface area contributed by atoms with Crippen LogP contribution in [0.25, 0.3) is 10.9 Å². The molecule has 2 fully saturated rings. The fraction of sp³-hybridized carbons (Fsp3) is 0.471. The Balaban J connectivity index is 1.66. The lowest BCUT2D eigenvalue weighted by Gasteiger charge is -2.48. The molecule has 0 amide bonds. The van der Waals surface area contributed by atoms with Crippen LogP contribution in [0, 0.1) is 0 Å². The highest BCUT2D eigenvalue weighted by Gasteiger charge is 2.35. The van der Waals surface area contributed by atoms with Gasteiger partial charge < -0.3 is 4.90 Å². The van der Waals surface area contributed by atoms with Crippen molar-refractivity contribution in [2.24, 2.45) is 0 Å². The Morgan fingerprint density at radius 2 is 1.75 bits per heavy atom. The Bertz CT molecular complexity index is 610. The van der Waals surface area contributed by atoms with Crippen molar-refractivity contribution >= 4 is 16.7 Å². The van der Waals surface area contributed by atoms with Gasteiger partial charge in [0.2, 0.25) is 0 Å². The van der Waals surface area contributed by atoms with Crippen LogP contribution in [-0.2, 0) is 0 Å². The van der Waals surface area contributed by atoms with E-state index in [1.165, 1.54) is 24.6 Å². The van der Waals surface area contributed by atoms with Crippen LogP contribution in [0.5, 0.6) is 0 Å². The highest BCUT2D eigenvalue weighted by atomic mass is 15.3. The van der Waals surface area contributed by atoms with Crippen molar-refractivity contribution in [3.8, 4) is 0 Å². The Hall–Kier alpha value is -1.61. The number of piperazine rings is 1. The molecule has 0 radical (unpaired) electrons. The highest BCUT2D eigenvalue weighted by molar-refractivity contribution is 5.80. The molecule has 3 heterocycles. The third kappa shape index (κ3) is 1.97. The molecule has 2 saturated heterocycles. The standard InChI is InChI=1S/C17H21N3/c1-19-14-6-4-7-15(19)12-20(11-14)17-10-9-13-5-2-3-8-16(13)18-17/h2-3,5,8-10,14-15H,4,6-7,11-12H2,1H3. The molecule has 2 bridgehead atoms. The van der Waals surface area contributed by atoms with Gasteiger partial charge in [0.05, 0.1) is 5.52 Å². The van der Waals surface area contributed by atoms with E-state index in [1.54, 1.807) is 0 Å². The number of pyridine rings is 1. The predicted molar refractivity (Wildman–Crippen MR) is 83.1 cm³/mol. The molecule has 2 atom stereocenters. The average Bonchev–Trinajstić information content (AvgIpc) is 2.46. The van der Waals surface area contributed by atoms with Crippen molar-refractivity contribution in [2.45, 2.75) is 31.3 Å². The molecular weight excluding hydrogens is 246 g/mol. The van der Waals surface area contributed by atoms with Crippen molar-refractivity contribution in [1.29, 1.82) is 0 Å². The van der Waals surface area contributed by atoms with Gasteiger partial charge in [-0.25, -0.2) is 4.98 Å². The molecule has 0 spiro atoms. The number of aromatic nitrogens is 1. The van der Waals surface area contributed by atoms with Gasteiger partial charge in [-0.3, -0.25) is 4.90 Å². The molecule has 4 rings (SSSR count). The number of piperidine rings is 1. The van der Waals surface area contributed by atoms with Gasteiger partial charge in [0.1, 0.15) is 5.82 Å². The summed E-state index contributed by atoms with van der Waals surface area (Å²) in [6, 6.07) is 14.2. The van der Waals surface area contributed by atoms with Gasteiger partial charge in [0, 0.05) is 30.6 Å². The lowest BCUT2D eigenvalue weighted by molar-refractivity contribution is 0.0947. The van der Waals surface area contributed by atoms with Crippen LogP contribution in [0.4, 0.5) is 5.82 Å². The molecule has 0 N–H and O–H groups in total. The van der Waals surface area contributed by atoms with Crippen molar-refractivity contribution in [2.75, 3.05) is 25.0 Å².